The fourth-order valence-electron chi connectivity index (χ4n) is 7.63. The van der Waals surface area contributed by atoms with Crippen LogP contribution in [-0.2, 0) is 22.4 Å². The van der Waals surface area contributed by atoms with Gasteiger partial charge in [0.25, 0.3) is 5.91 Å². The number of nitrogens with zero attached hydrogens (tertiary/aromatic N) is 2. The molecule has 0 aliphatic carbocycles. The van der Waals surface area contributed by atoms with E-state index in [9.17, 15) is 14.7 Å². The van der Waals surface area contributed by atoms with Crippen LogP contribution in [0.25, 0.3) is 0 Å². The lowest BCUT2D eigenvalue weighted by atomic mass is 9.73. The van der Waals surface area contributed by atoms with Crippen molar-refractivity contribution < 1.29 is 38.4 Å². The van der Waals surface area contributed by atoms with Crippen molar-refractivity contribution in [2.24, 2.45) is 0 Å². The average molecular weight is 584 g/mol. The lowest BCUT2D eigenvalue weighted by Gasteiger charge is -2.58. The number of phenols is 1. The van der Waals surface area contributed by atoms with Crippen molar-refractivity contribution in [3.05, 3.63) is 33.4 Å². The quantitative estimate of drug-likeness (QED) is 0.449. The zero-order valence-corrected chi connectivity index (χ0v) is 25.8. The first-order chi connectivity index (χ1) is 20.1. The zero-order chi connectivity index (χ0) is 30.6. The fourth-order valence-corrected chi connectivity index (χ4v) is 7.63. The Balaban J connectivity index is 1.76. The van der Waals surface area contributed by atoms with Crippen LogP contribution in [0.3, 0.4) is 0 Å². The van der Waals surface area contributed by atoms with Crippen LogP contribution in [0.4, 0.5) is 0 Å². The van der Waals surface area contributed by atoms with Crippen LogP contribution in [0.1, 0.15) is 52.4 Å². The lowest BCUT2D eigenvalue weighted by Crippen LogP contribution is -2.64. The summed E-state index contributed by atoms with van der Waals surface area (Å²) in [4.78, 5) is 29.1. The summed E-state index contributed by atoms with van der Waals surface area (Å²) in [7, 11) is 10.1. The van der Waals surface area contributed by atoms with Gasteiger partial charge in [0.2, 0.25) is 5.78 Å². The van der Waals surface area contributed by atoms with Gasteiger partial charge in [0.05, 0.1) is 47.6 Å². The van der Waals surface area contributed by atoms with Crippen molar-refractivity contribution in [3.63, 3.8) is 0 Å². The second-order valence-corrected chi connectivity index (χ2v) is 11.3. The number of hydrogen-bond donors (Lipinski definition) is 2. The standard InChI is InChI=1S/C31H41N3O8/c1-14-26(38-5)18-10-17-13-34-20(24(33(17)4)23(18)25(36)28(14)40-7)11-19-22(21(34)12-32-31(37)16(3)35)30(42-9)29(41-8)15(2)27(19)39-6/h17,20-21,24,36H,10-13H2,1-9H3,(H,32,37)/t17-,20-,21+,24+/m0/s1. The van der Waals surface area contributed by atoms with Gasteiger partial charge in [-0.1, -0.05) is 0 Å². The van der Waals surface area contributed by atoms with Crippen LogP contribution < -0.4 is 29.0 Å². The Kier molecular flexibility index (Phi) is 7.93. The van der Waals surface area contributed by atoms with Crippen molar-refractivity contribution in [3.8, 4) is 34.5 Å². The van der Waals surface area contributed by atoms with Crippen LogP contribution >= 0.6 is 0 Å². The average Bonchev–Trinajstić information content (AvgIpc) is 2.95. The number of ketones is 1. The molecule has 0 aromatic heterocycles. The molecule has 1 amide bonds. The minimum Gasteiger partial charge on any atom is -0.504 e. The number of ether oxygens (including phenoxy) is 5. The van der Waals surface area contributed by atoms with Crippen LogP contribution in [0, 0.1) is 13.8 Å². The molecule has 3 aliphatic heterocycles. The number of carbonyl (C=O) groups is 2. The number of fused-ring (bicyclic) bond motifs is 7. The van der Waals surface area contributed by atoms with E-state index in [1.165, 1.54) is 6.92 Å². The molecule has 1 fully saturated rings. The van der Waals surface area contributed by atoms with E-state index >= 15 is 0 Å². The minimum absolute atomic E-state index is 0.0904. The van der Waals surface area contributed by atoms with Crippen molar-refractivity contribution in [1.82, 2.24) is 15.1 Å². The van der Waals surface area contributed by atoms with Gasteiger partial charge >= 0.3 is 0 Å². The molecule has 0 spiro atoms. The first-order valence-corrected chi connectivity index (χ1v) is 14.1. The molecule has 3 aliphatic rings. The van der Waals surface area contributed by atoms with Crippen LogP contribution in [-0.4, -0.2) is 94.4 Å². The molecule has 228 valence electrons. The third kappa shape index (κ3) is 4.24. The fraction of sp³-hybridized carbons (Fsp3) is 0.548. The number of hydrogen-bond acceptors (Lipinski definition) is 10. The minimum atomic E-state index is -0.647. The summed E-state index contributed by atoms with van der Waals surface area (Å²) in [5.74, 6) is 1.88. The van der Waals surface area contributed by atoms with Gasteiger partial charge < -0.3 is 34.1 Å². The van der Waals surface area contributed by atoms with Crippen molar-refractivity contribution >= 4 is 11.7 Å². The number of piperazine rings is 1. The van der Waals surface area contributed by atoms with E-state index in [1.54, 1.807) is 35.5 Å². The second-order valence-electron chi connectivity index (χ2n) is 11.3. The van der Waals surface area contributed by atoms with Crippen molar-refractivity contribution in [2.45, 2.75) is 57.8 Å². The molecular formula is C31H41N3O8. The predicted molar refractivity (Wildman–Crippen MR) is 155 cm³/mol. The normalized spacial score (nSPS) is 22.8. The van der Waals surface area contributed by atoms with Gasteiger partial charge in [-0.05, 0) is 33.7 Å². The Labute approximate surface area is 246 Å². The molecule has 0 radical (unpaired) electrons. The van der Waals surface area contributed by atoms with Crippen molar-refractivity contribution in [2.75, 3.05) is 55.7 Å². The largest absolute Gasteiger partial charge is 0.504 e. The number of aromatic hydroxyl groups is 1. The monoisotopic (exact) mass is 583 g/mol. The number of rotatable bonds is 8. The Morgan fingerprint density at radius 3 is 1.93 bits per heavy atom. The second kappa shape index (κ2) is 11.2. The van der Waals surface area contributed by atoms with E-state index < -0.39 is 11.7 Å². The molecule has 4 atom stereocenters. The first-order valence-electron chi connectivity index (χ1n) is 14.1. The molecule has 2 aromatic rings. The maximum atomic E-state index is 12.5. The third-order valence-electron chi connectivity index (χ3n) is 9.39. The molecule has 11 nitrogen and oxygen atoms in total. The molecule has 0 saturated carbocycles. The van der Waals surface area contributed by atoms with Gasteiger partial charge in [0.15, 0.2) is 23.0 Å². The topological polar surface area (TPSA) is 119 Å². The number of likely N-dealkylation sites (N-methyl/N-ethyl adjacent to an activating group) is 1. The summed E-state index contributed by atoms with van der Waals surface area (Å²) in [6, 6.07) is -0.635. The predicted octanol–water partition coefficient (Wildman–Crippen LogP) is 2.64. The Morgan fingerprint density at radius 1 is 0.833 bits per heavy atom. The van der Waals surface area contributed by atoms with E-state index in [-0.39, 0.29) is 36.5 Å². The Hall–Kier alpha value is -3.70. The van der Waals surface area contributed by atoms with Crippen LogP contribution in [0.5, 0.6) is 34.5 Å². The summed E-state index contributed by atoms with van der Waals surface area (Å²) in [5, 5.41) is 14.5. The van der Waals surface area contributed by atoms with Gasteiger partial charge in [-0.15, -0.1) is 0 Å². The lowest BCUT2D eigenvalue weighted by molar-refractivity contribution is -0.137. The number of benzene rings is 2. The Morgan fingerprint density at radius 2 is 1.38 bits per heavy atom. The number of carbonyl (C=O) groups excluding carboxylic acids is 2. The molecule has 11 heteroatoms. The van der Waals surface area contributed by atoms with E-state index in [4.69, 9.17) is 23.7 Å². The number of amides is 1. The summed E-state index contributed by atoms with van der Waals surface area (Å²) in [6.07, 6.45) is 1.24. The maximum absolute atomic E-state index is 12.5. The zero-order valence-electron chi connectivity index (χ0n) is 25.8. The van der Waals surface area contributed by atoms with Crippen LogP contribution in [0.2, 0.25) is 0 Å². The third-order valence-corrected chi connectivity index (χ3v) is 9.39. The van der Waals surface area contributed by atoms with Gasteiger partial charge in [-0.3, -0.25) is 19.4 Å². The molecule has 42 heavy (non-hydrogen) atoms. The molecule has 2 N–H and O–H groups in total. The molecule has 3 heterocycles. The number of Topliss-reactive ketones (excluding diaryl/α,β-unsaturated/α-hetero) is 1. The van der Waals surface area contributed by atoms with Crippen LogP contribution in [0.15, 0.2) is 0 Å². The van der Waals surface area contributed by atoms with Gasteiger partial charge in [-0.2, -0.15) is 0 Å². The smallest absolute Gasteiger partial charge is 0.287 e. The highest BCUT2D eigenvalue weighted by Gasteiger charge is 2.53. The number of phenolic OH excluding ortho intramolecular Hbond substituents is 1. The van der Waals surface area contributed by atoms with E-state index in [1.807, 2.05) is 13.8 Å². The van der Waals surface area contributed by atoms with Gasteiger partial charge in [0.1, 0.15) is 11.5 Å². The number of nitrogens with one attached hydrogen (secondary N) is 1. The summed E-state index contributed by atoms with van der Waals surface area (Å²) in [5.41, 5.74) is 5.16. The SMILES string of the molecule is COc1c(C)c(OC)c2c(c1O)[C@H]1[C@@H]3Cc4c(OC)c(C)c(OC)c(OC)c4[C@@H](CNC(=O)C(C)=O)N3C[C@H](C2)N1C. The van der Waals surface area contributed by atoms with Crippen molar-refractivity contribution in [1.29, 1.82) is 0 Å². The summed E-state index contributed by atoms with van der Waals surface area (Å²) >= 11 is 0. The molecule has 2 aromatic carbocycles. The van der Waals surface area contributed by atoms with E-state index in [2.05, 4.69) is 22.2 Å². The number of methoxy groups -OCH3 is 5. The van der Waals surface area contributed by atoms with Gasteiger partial charge in [0, 0.05) is 65.5 Å². The molecule has 0 unspecified atom stereocenters. The summed E-state index contributed by atoms with van der Waals surface area (Å²) < 4.78 is 29.3. The maximum Gasteiger partial charge on any atom is 0.287 e. The highest BCUT2D eigenvalue weighted by molar-refractivity contribution is 6.35. The van der Waals surface area contributed by atoms with E-state index in [0.29, 0.717) is 42.4 Å². The van der Waals surface area contributed by atoms with E-state index in [0.717, 1.165) is 39.1 Å². The highest BCUT2D eigenvalue weighted by atomic mass is 16.5. The molecule has 1 saturated heterocycles. The molecule has 2 bridgehead atoms. The molecule has 5 rings (SSSR count). The molecular weight excluding hydrogens is 542 g/mol. The Bertz CT molecular complexity index is 1440. The first kappa shape index (κ1) is 29.8. The highest BCUT2D eigenvalue weighted by Crippen LogP contribution is 2.57. The van der Waals surface area contributed by atoms with Gasteiger partial charge in [-0.25, -0.2) is 0 Å². The summed E-state index contributed by atoms with van der Waals surface area (Å²) in [6.45, 7) is 5.94.